The van der Waals surface area contributed by atoms with E-state index < -0.39 is 0 Å². The van der Waals surface area contributed by atoms with Crippen molar-refractivity contribution in [1.82, 2.24) is 4.90 Å². The summed E-state index contributed by atoms with van der Waals surface area (Å²) < 4.78 is 0. The van der Waals surface area contributed by atoms with E-state index in [4.69, 9.17) is 23.2 Å². The van der Waals surface area contributed by atoms with Crippen molar-refractivity contribution >= 4 is 34.9 Å². The summed E-state index contributed by atoms with van der Waals surface area (Å²) in [7, 11) is 0. The van der Waals surface area contributed by atoms with Crippen LogP contribution in [0.4, 0.5) is 0 Å². The fourth-order valence-corrected chi connectivity index (χ4v) is 1.30. The van der Waals surface area contributed by atoms with Crippen LogP contribution in [0, 0.1) is 0 Å². The number of rotatable bonds is 6. The molecule has 0 aliphatic carbocycles. The second-order valence-corrected chi connectivity index (χ2v) is 3.39. The lowest BCUT2D eigenvalue weighted by Gasteiger charge is -2.19. The van der Waals surface area contributed by atoms with Crippen LogP contribution in [0.15, 0.2) is 0 Å². The van der Waals surface area contributed by atoms with Gasteiger partial charge in [-0.15, -0.1) is 23.2 Å². The molecule has 0 heterocycles. The summed E-state index contributed by atoms with van der Waals surface area (Å²) in [5.74, 6) is 0.383. The Morgan fingerprint density at radius 2 is 1.62 bits per heavy atom. The zero-order valence-corrected chi connectivity index (χ0v) is 9.07. The molecule has 0 saturated carbocycles. The Balaban J connectivity index is 4.02. The normalized spacial score (nSPS) is 9.77. The Bertz CT molecular complexity index is 179. The van der Waals surface area contributed by atoms with Crippen LogP contribution >= 0.6 is 23.2 Å². The first-order valence-electron chi connectivity index (χ1n) is 4.01. The number of carbonyl (C=O) groups is 2. The van der Waals surface area contributed by atoms with Gasteiger partial charge in [-0.3, -0.25) is 9.59 Å². The third-order valence-electron chi connectivity index (χ3n) is 1.46. The van der Waals surface area contributed by atoms with Crippen LogP contribution in [0.3, 0.4) is 0 Å². The molecule has 5 heteroatoms. The fraction of sp³-hybridized carbons (Fsp3) is 0.750. The van der Waals surface area contributed by atoms with E-state index in [0.29, 0.717) is 24.8 Å². The molecule has 0 atom stereocenters. The highest BCUT2D eigenvalue weighted by Crippen LogP contribution is 1.97. The highest BCUT2D eigenvalue weighted by molar-refractivity contribution is 6.18. The van der Waals surface area contributed by atoms with Gasteiger partial charge in [0.15, 0.2) is 0 Å². The van der Waals surface area contributed by atoms with Gasteiger partial charge in [0.1, 0.15) is 5.78 Å². The van der Waals surface area contributed by atoms with Gasteiger partial charge in [-0.1, -0.05) is 0 Å². The van der Waals surface area contributed by atoms with Gasteiger partial charge in [0.2, 0.25) is 5.91 Å². The van der Waals surface area contributed by atoms with E-state index >= 15 is 0 Å². The SMILES string of the molecule is CC(=O)CC(=O)N(CCCl)CCCl. The minimum absolute atomic E-state index is 0.0617. The van der Waals surface area contributed by atoms with Crippen molar-refractivity contribution in [1.29, 1.82) is 0 Å². The van der Waals surface area contributed by atoms with Gasteiger partial charge in [-0.25, -0.2) is 0 Å². The number of nitrogens with zero attached hydrogens (tertiary/aromatic N) is 1. The van der Waals surface area contributed by atoms with E-state index in [2.05, 4.69) is 0 Å². The van der Waals surface area contributed by atoms with Crippen molar-refractivity contribution in [3.8, 4) is 0 Å². The molecule has 0 aliphatic rings. The monoisotopic (exact) mass is 225 g/mol. The van der Waals surface area contributed by atoms with Crippen molar-refractivity contribution in [2.45, 2.75) is 13.3 Å². The molecule has 0 fully saturated rings. The third-order valence-corrected chi connectivity index (χ3v) is 1.80. The molecule has 0 aliphatic heterocycles. The molecule has 0 spiro atoms. The molecule has 0 saturated heterocycles. The Morgan fingerprint density at radius 1 is 1.15 bits per heavy atom. The Morgan fingerprint density at radius 3 is 1.92 bits per heavy atom. The third kappa shape index (κ3) is 5.88. The molecule has 0 radical (unpaired) electrons. The van der Waals surface area contributed by atoms with Crippen molar-refractivity contribution in [3.05, 3.63) is 0 Å². The summed E-state index contributed by atoms with van der Waals surface area (Å²) in [4.78, 5) is 23.5. The highest BCUT2D eigenvalue weighted by Gasteiger charge is 2.13. The van der Waals surface area contributed by atoms with Gasteiger partial charge in [0.05, 0.1) is 6.42 Å². The van der Waals surface area contributed by atoms with Crippen molar-refractivity contribution in [2.24, 2.45) is 0 Å². The van der Waals surface area contributed by atoms with E-state index in [-0.39, 0.29) is 18.1 Å². The first kappa shape index (κ1) is 12.7. The molecule has 0 rings (SSSR count). The summed E-state index contributed by atoms with van der Waals surface area (Å²) in [6, 6.07) is 0. The first-order valence-corrected chi connectivity index (χ1v) is 5.07. The molecule has 0 N–H and O–H groups in total. The molecule has 0 aromatic rings. The number of hydrogen-bond donors (Lipinski definition) is 0. The Kier molecular flexibility index (Phi) is 7.00. The number of amides is 1. The molecule has 0 aromatic carbocycles. The summed E-state index contributed by atoms with van der Waals surface area (Å²) >= 11 is 11.0. The van der Waals surface area contributed by atoms with Gasteiger partial charge >= 0.3 is 0 Å². The van der Waals surface area contributed by atoms with Crippen LogP contribution < -0.4 is 0 Å². The second kappa shape index (κ2) is 7.15. The molecule has 13 heavy (non-hydrogen) atoms. The Hall–Kier alpha value is -0.280. The Labute approximate surface area is 88.0 Å². The molecule has 0 bridgehead atoms. The average Bonchev–Trinajstić information content (AvgIpc) is 2.02. The summed E-state index contributed by atoms with van der Waals surface area (Å²) in [6.07, 6.45) is -0.0617. The number of hydrogen-bond acceptors (Lipinski definition) is 2. The van der Waals surface area contributed by atoms with Crippen LogP contribution in [0.1, 0.15) is 13.3 Å². The molecular weight excluding hydrogens is 213 g/mol. The second-order valence-electron chi connectivity index (χ2n) is 2.64. The summed E-state index contributed by atoms with van der Waals surface area (Å²) in [6.45, 7) is 2.28. The van der Waals surface area contributed by atoms with Crippen LogP contribution in [-0.2, 0) is 9.59 Å². The highest BCUT2D eigenvalue weighted by atomic mass is 35.5. The minimum Gasteiger partial charge on any atom is -0.340 e. The number of carbonyl (C=O) groups excluding carboxylic acids is 2. The topological polar surface area (TPSA) is 37.4 Å². The molecule has 0 unspecified atom stereocenters. The maximum atomic E-state index is 11.3. The van der Waals surface area contributed by atoms with Crippen LogP contribution in [0.25, 0.3) is 0 Å². The van der Waals surface area contributed by atoms with E-state index in [9.17, 15) is 9.59 Å². The van der Waals surface area contributed by atoms with Gasteiger partial charge in [0.25, 0.3) is 0 Å². The number of Topliss-reactive ketones (excluding diaryl/α,β-unsaturated/α-hetero) is 1. The molecule has 1 amide bonds. The van der Waals surface area contributed by atoms with E-state index in [1.54, 1.807) is 0 Å². The van der Waals surface area contributed by atoms with Crippen LogP contribution in [0.2, 0.25) is 0 Å². The number of ketones is 1. The number of halogens is 2. The van der Waals surface area contributed by atoms with Crippen molar-refractivity contribution in [3.63, 3.8) is 0 Å². The standard InChI is InChI=1S/C8H13Cl2NO2/c1-7(12)6-8(13)11(4-2-9)5-3-10/h2-6H2,1H3. The first-order chi connectivity index (χ1) is 6.11. The molecular formula is C8H13Cl2NO2. The quantitative estimate of drug-likeness (QED) is 0.505. The van der Waals surface area contributed by atoms with E-state index in [1.165, 1.54) is 11.8 Å². The molecule has 0 aromatic heterocycles. The predicted molar refractivity (Wildman–Crippen MR) is 53.3 cm³/mol. The summed E-state index contributed by atoms with van der Waals surface area (Å²) in [5.41, 5.74) is 0. The lowest BCUT2D eigenvalue weighted by molar-refractivity contribution is -0.134. The zero-order valence-electron chi connectivity index (χ0n) is 7.56. The number of alkyl halides is 2. The maximum Gasteiger partial charge on any atom is 0.230 e. The van der Waals surface area contributed by atoms with Crippen LogP contribution in [0.5, 0.6) is 0 Å². The molecule has 76 valence electrons. The van der Waals surface area contributed by atoms with Crippen LogP contribution in [-0.4, -0.2) is 41.4 Å². The average molecular weight is 226 g/mol. The zero-order chi connectivity index (χ0) is 10.3. The van der Waals surface area contributed by atoms with Gasteiger partial charge in [0, 0.05) is 24.8 Å². The van der Waals surface area contributed by atoms with E-state index in [0.717, 1.165) is 0 Å². The summed E-state index contributed by atoms with van der Waals surface area (Å²) in [5, 5.41) is 0. The predicted octanol–water partition coefficient (Wildman–Crippen LogP) is 1.27. The van der Waals surface area contributed by atoms with Gasteiger partial charge in [-0.2, -0.15) is 0 Å². The lowest BCUT2D eigenvalue weighted by Crippen LogP contribution is -2.35. The maximum absolute atomic E-state index is 11.3. The molecule has 3 nitrogen and oxygen atoms in total. The van der Waals surface area contributed by atoms with Gasteiger partial charge < -0.3 is 4.90 Å². The van der Waals surface area contributed by atoms with Crippen molar-refractivity contribution in [2.75, 3.05) is 24.8 Å². The fourth-order valence-electron chi connectivity index (χ4n) is 0.890. The smallest absolute Gasteiger partial charge is 0.230 e. The van der Waals surface area contributed by atoms with Gasteiger partial charge in [-0.05, 0) is 6.92 Å². The minimum atomic E-state index is -0.200. The largest absolute Gasteiger partial charge is 0.340 e. The van der Waals surface area contributed by atoms with Crippen molar-refractivity contribution < 1.29 is 9.59 Å². The van der Waals surface area contributed by atoms with E-state index in [1.807, 2.05) is 0 Å². The lowest BCUT2D eigenvalue weighted by atomic mass is 10.3.